The summed E-state index contributed by atoms with van der Waals surface area (Å²) in [6.45, 7) is 7.13. The zero-order valence-electron chi connectivity index (χ0n) is 12.6. The number of hydrogen-bond donors (Lipinski definition) is 0. The van der Waals surface area contributed by atoms with Gasteiger partial charge in [-0.1, -0.05) is 23.4 Å². The smallest absolute Gasteiger partial charge is 0.340 e. The molecule has 0 aromatic heterocycles. The molecule has 0 heterocycles. The average Bonchev–Trinajstić information content (AvgIpc) is 2.41. The first-order valence-electron chi connectivity index (χ1n) is 6.41. The van der Waals surface area contributed by atoms with Crippen LogP contribution in [0.4, 0.5) is 0 Å². The van der Waals surface area contributed by atoms with Crippen molar-refractivity contribution in [3.63, 3.8) is 0 Å². The summed E-state index contributed by atoms with van der Waals surface area (Å²) >= 11 is 0. The van der Waals surface area contributed by atoms with Gasteiger partial charge in [0.25, 0.3) is 0 Å². The van der Waals surface area contributed by atoms with Gasteiger partial charge in [-0.15, -0.1) is 0 Å². The fourth-order valence-corrected chi connectivity index (χ4v) is 1.21. The highest BCUT2D eigenvalue weighted by Crippen LogP contribution is 2.15. The highest BCUT2D eigenvalue weighted by molar-refractivity contribution is 5.96. The van der Waals surface area contributed by atoms with Crippen molar-refractivity contribution in [1.29, 1.82) is 0 Å². The molecule has 0 aliphatic rings. The quantitative estimate of drug-likeness (QED) is 0.478. The Hall–Kier alpha value is -2.10. The third-order valence-electron chi connectivity index (χ3n) is 2.52. The van der Waals surface area contributed by atoms with E-state index in [1.165, 1.54) is 0 Å². The van der Waals surface area contributed by atoms with Crippen molar-refractivity contribution in [3.05, 3.63) is 35.9 Å². The first kappa shape index (κ1) is 16.0. The lowest BCUT2D eigenvalue weighted by molar-refractivity contribution is -0.152. The largest absolute Gasteiger partial charge is 0.497 e. The molecule has 0 N–H and O–H groups in total. The van der Waals surface area contributed by atoms with Gasteiger partial charge < -0.3 is 9.57 Å². The molecular weight excluding hydrogens is 254 g/mol. The van der Waals surface area contributed by atoms with Gasteiger partial charge in [-0.3, -0.25) is 0 Å². The Morgan fingerprint density at radius 1 is 1.20 bits per heavy atom. The van der Waals surface area contributed by atoms with E-state index in [4.69, 9.17) is 9.57 Å². The molecule has 0 aliphatic carbocycles. The summed E-state index contributed by atoms with van der Waals surface area (Å²) in [4.78, 5) is 16.4. The number of hydrogen-bond acceptors (Lipinski definition) is 4. The topological polar surface area (TPSA) is 47.9 Å². The minimum absolute atomic E-state index is 0.352. The lowest BCUT2D eigenvalue weighted by Gasteiger charge is -2.12. The third kappa shape index (κ3) is 5.26. The lowest BCUT2D eigenvalue weighted by atomic mass is 9.98. The fraction of sp³-hybridized carbons (Fsp3) is 0.375. The van der Waals surface area contributed by atoms with Gasteiger partial charge >= 0.3 is 5.97 Å². The van der Waals surface area contributed by atoms with Gasteiger partial charge in [-0.2, -0.15) is 0 Å². The lowest BCUT2D eigenvalue weighted by Crippen LogP contribution is -2.21. The minimum atomic E-state index is -0.552. The van der Waals surface area contributed by atoms with Gasteiger partial charge in [-0.25, -0.2) is 4.79 Å². The second-order valence-electron chi connectivity index (χ2n) is 5.47. The minimum Gasteiger partial charge on any atom is -0.497 e. The zero-order chi connectivity index (χ0) is 15.2. The van der Waals surface area contributed by atoms with Crippen molar-refractivity contribution in [1.82, 2.24) is 0 Å². The number of methoxy groups -OCH3 is 1. The van der Waals surface area contributed by atoms with E-state index in [0.29, 0.717) is 5.71 Å². The third-order valence-corrected chi connectivity index (χ3v) is 2.52. The molecule has 1 aromatic carbocycles. The maximum Gasteiger partial charge on any atom is 0.340 e. The summed E-state index contributed by atoms with van der Waals surface area (Å²) in [6, 6.07) is 7.63. The molecule has 4 nitrogen and oxygen atoms in total. The molecular formula is C16H21NO3. The Morgan fingerprint density at radius 2 is 1.80 bits per heavy atom. The molecule has 0 radical (unpaired) electrons. The molecule has 0 aliphatic heterocycles. The average molecular weight is 275 g/mol. The van der Waals surface area contributed by atoms with E-state index in [2.05, 4.69) is 5.16 Å². The summed E-state index contributed by atoms with van der Waals surface area (Å²) in [7, 11) is 1.63. The summed E-state index contributed by atoms with van der Waals surface area (Å²) < 4.78 is 5.09. The van der Waals surface area contributed by atoms with Gasteiger partial charge in [0.2, 0.25) is 0 Å². The van der Waals surface area contributed by atoms with Crippen molar-refractivity contribution < 1.29 is 14.4 Å². The van der Waals surface area contributed by atoms with Gasteiger partial charge in [0.15, 0.2) is 0 Å². The molecule has 0 fully saturated rings. The highest BCUT2D eigenvalue weighted by atomic mass is 16.7. The molecule has 0 amide bonds. The number of carbonyl (C=O) groups is 1. The van der Waals surface area contributed by atoms with Gasteiger partial charge in [0, 0.05) is 0 Å². The van der Waals surface area contributed by atoms with E-state index in [1.54, 1.807) is 40.9 Å². The predicted molar refractivity (Wildman–Crippen MR) is 80.7 cm³/mol. The molecule has 0 atom stereocenters. The number of benzene rings is 1. The maximum absolute atomic E-state index is 11.5. The van der Waals surface area contributed by atoms with Gasteiger partial charge in [-0.05, 0) is 51.5 Å². The molecule has 0 saturated heterocycles. The number of rotatable bonds is 4. The normalized spacial score (nSPS) is 12.6. The Bertz CT molecular complexity index is 508. The van der Waals surface area contributed by atoms with Crippen LogP contribution in [0.5, 0.6) is 5.75 Å². The molecule has 1 aromatic rings. The number of ether oxygens (including phenoxy) is 1. The molecule has 108 valence electrons. The van der Waals surface area contributed by atoms with Crippen LogP contribution >= 0.6 is 0 Å². The predicted octanol–water partition coefficient (Wildman–Crippen LogP) is 3.67. The molecule has 0 unspecified atom stereocenters. The van der Waals surface area contributed by atoms with E-state index in [1.807, 2.05) is 30.3 Å². The molecule has 0 saturated carbocycles. The number of oxime groups is 1. The summed E-state index contributed by atoms with van der Waals surface area (Å²) in [5.74, 6) is 0.460. The molecule has 0 bridgehead atoms. The van der Waals surface area contributed by atoms with Crippen LogP contribution in [0.1, 0.15) is 33.3 Å². The van der Waals surface area contributed by atoms with Gasteiger partial charge in [0.1, 0.15) is 5.75 Å². The summed E-state index contributed by atoms with van der Waals surface area (Å²) in [6.07, 6.45) is 3.68. The van der Waals surface area contributed by atoms with Crippen LogP contribution in [-0.4, -0.2) is 18.8 Å². The Morgan fingerprint density at radius 3 is 2.30 bits per heavy atom. The monoisotopic (exact) mass is 275 g/mol. The van der Waals surface area contributed by atoms with Crippen LogP contribution in [0.2, 0.25) is 0 Å². The Kier molecular flexibility index (Phi) is 5.50. The highest BCUT2D eigenvalue weighted by Gasteiger charge is 2.23. The van der Waals surface area contributed by atoms with Crippen LogP contribution in [-0.2, 0) is 9.63 Å². The first-order valence-corrected chi connectivity index (χ1v) is 6.41. The Labute approximate surface area is 120 Å². The van der Waals surface area contributed by atoms with Crippen molar-refractivity contribution in [2.24, 2.45) is 10.6 Å². The fourth-order valence-electron chi connectivity index (χ4n) is 1.21. The second kappa shape index (κ2) is 6.89. The molecule has 4 heteroatoms. The number of allylic oxidation sites excluding steroid dienone is 1. The van der Waals surface area contributed by atoms with Crippen LogP contribution in [0.25, 0.3) is 6.08 Å². The first-order chi connectivity index (χ1) is 9.32. The van der Waals surface area contributed by atoms with E-state index >= 15 is 0 Å². The van der Waals surface area contributed by atoms with E-state index < -0.39 is 5.41 Å². The molecule has 20 heavy (non-hydrogen) atoms. The van der Waals surface area contributed by atoms with Crippen molar-refractivity contribution in [3.8, 4) is 5.75 Å². The van der Waals surface area contributed by atoms with Crippen LogP contribution < -0.4 is 4.74 Å². The van der Waals surface area contributed by atoms with Crippen LogP contribution in [0.3, 0.4) is 0 Å². The summed E-state index contributed by atoms with van der Waals surface area (Å²) in [5.41, 5.74) is 1.09. The Balaban J connectivity index is 2.62. The SMILES string of the molecule is COc1ccc(/C=C/C(C)=N\OC(=O)C(C)(C)C)cc1. The summed E-state index contributed by atoms with van der Waals surface area (Å²) in [5, 5.41) is 3.79. The zero-order valence-corrected chi connectivity index (χ0v) is 12.6. The van der Waals surface area contributed by atoms with E-state index in [-0.39, 0.29) is 5.97 Å². The number of carbonyl (C=O) groups excluding carboxylic acids is 1. The van der Waals surface area contributed by atoms with Crippen molar-refractivity contribution >= 4 is 17.8 Å². The standard InChI is InChI=1S/C16H21NO3/c1-12(17-20-15(18)16(2,3)4)6-7-13-8-10-14(19-5)11-9-13/h6-11H,1-5H3/b7-6+,17-12-. The van der Waals surface area contributed by atoms with Crippen LogP contribution in [0.15, 0.2) is 35.5 Å². The van der Waals surface area contributed by atoms with Crippen molar-refractivity contribution in [2.45, 2.75) is 27.7 Å². The van der Waals surface area contributed by atoms with Gasteiger partial charge in [0.05, 0.1) is 18.2 Å². The van der Waals surface area contributed by atoms with Crippen molar-refractivity contribution in [2.75, 3.05) is 7.11 Å². The molecule has 1 rings (SSSR count). The number of nitrogens with zero attached hydrogens (tertiary/aromatic N) is 1. The molecule has 0 spiro atoms. The van der Waals surface area contributed by atoms with E-state index in [0.717, 1.165) is 11.3 Å². The van der Waals surface area contributed by atoms with Crippen LogP contribution in [0, 0.1) is 5.41 Å². The second-order valence-corrected chi connectivity index (χ2v) is 5.47. The van der Waals surface area contributed by atoms with E-state index in [9.17, 15) is 4.79 Å². The maximum atomic E-state index is 11.5.